The lowest BCUT2D eigenvalue weighted by Crippen LogP contribution is -2.48. The maximum absolute atomic E-state index is 12.4. The van der Waals surface area contributed by atoms with Crippen LogP contribution in [0, 0.1) is 0 Å². The predicted octanol–water partition coefficient (Wildman–Crippen LogP) is 1.20. The summed E-state index contributed by atoms with van der Waals surface area (Å²) in [6.07, 6.45) is 4.59. The lowest BCUT2D eigenvalue weighted by Gasteiger charge is -2.33. The number of hydrogen-bond acceptors (Lipinski definition) is 5. The van der Waals surface area contributed by atoms with E-state index in [1.807, 2.05) is 17.0 Å². The normalized spacial score (nSPS) is 22.6. The first-order chi connectivity index (χ1) is 11.3. The van der Waals surface area contributed by atoms with Crippen molar-refractivity contribution in [3.05, 3.63) is 36.2 Å². The Labute approximate surface area is 135 Å². The summed E-state index contributed by atoms with van der Waals surface area (Å²) in [6.45, 7) is 2.48. The Kier molecular flexibility index (Phi) is 3.93. The van der Waals surface area contributed by atoms with E-state index < -0.39 is 0 Å². The van der Waals surface area contributed by atoms with E-state index in [1.165, 1.54) is 0 Å². The number of likely N-dealkylation sites (tertiary alicyclic amines) is 1. The van der Waals surface area contributed by atoms with Crippen LogP contribution < -0.4 is 10.9 Å². The van der Waals surface area contributed by atoms with Gasteiger partial charge < -0.3 is 4.90 Å². The average Bonchev–Trinajstić information content (AvgIpc) is 3.15. The summed E-state index contributed by atoms with van der Waals surface area (Å²) in [5, 5.41) is 1.07. The standard InChI is InChI=1S/C17H21N5O/c23-17(15-5-9-19-21-15)22-10-6-12(7-11-22)14-4-3-13-2-1-8-18-16(13)20-14/h1-4,8,12,15,19,21H,5-7,9-11H2. The van der Waals surface area contributed by atoms with Gasteiger partial charge in [0.15, 0.2) is 5.65 Å². The fraction of sp³-hybridized carbons (Fsp3) is 0.471. The number of amides is 1. The molecule has 2 aliphatic heterocycles. The van der Waals surface area contributed by atoms with Crippen LogP contribution in [0.2, 0.25) is 0 Å². The third-order valence-corrected chi connectivity index (χ3v) is 4.84. The molecule has 2 aliphatic rings. The number of nitrogens with one attached hydrogen (secondary N) is 2. The molecular weight excluding hydrogens is 290 g/mol. The van der Waals surface area contributed by atoms with Gasteiger partial charge in [0.1, 0.15) is 6.04 Å². The molecule has 6 nitrogen and oxygen atoms in total. The molecule has 0 spiro atoms. The van der Waals surface area contributed by atoms with Crippen molar-refractivity contribution >= 4 is 16.9 Å². The van der Waals surface area contributed by atoms with Gasteiger partial charge in [-0.25, -0.2) is 15.4 Å². The van der Waals surface area contributed by atoms with Crippen LogP contribution in [0.5, 0.6) is 0 Å². The van der Waals surface area contributed by atoms with Crippen molar-refractivity contribution in [2.75, 3.05) is 19.6 Å². The van der Waals surface area contributed by atoms with Gasteiger partial charge in [-0.05, 0) is 43.5 Å². The zero-order valence-corrected chi connectivity index (χ0v) is 13.0. The van der Waals surface area contributed by atoms with Crippen LogP contribution in [-0.4, -0.2) is 46.5 Å². The predicted molar refractivity (Wildman–Crippen MR) is 87.6 cm³/mol. The first kappa shape index (κ1) is 14.5. The van der Waals surface area contributed by atoms with E-state index in [1.54, 1.807) is 6.20 Å². The van der Waals surface area contributed by atoms with Crippen LogP contribution in [0.1, 0.15) is 30.9 Å². The number of rotatable bonds is 2. The van der Waals surface area contributed by atoms with Crippen LogP contribution in [0.25, 0.3) is 11.0 Å². The fourth-order valence-electron chi connectivity index (χ4n) is 3.48. The molecule has 2 aromatic heterocycles. The van der Waals surface area contributed by atoms with Gasteiger partial charge in [0.2, 0.25) is 5.91 Å². The van der Waals surface area contributed by atoms with Gasteiger partial charge >= 0.3 is 0 Å². The number of hydrogen-bond donors (Lipinski definition) is 2. The van der Waals surface area contributed by atoms with Gasteiger partial charge in [-0.2, -0.15) is 0 Å². The maximum Gasteiger partial charge on any atom is 0.241 e. The first-order valence-electron chi connectivity index (χ1n) is 8.30. The molecular formula is C17H21N5O. The average molecular weight is 311 g/mol. The van der Waals surface area contributed by atoms with Gasteiger partial charge in [0, 0.05) is 42.8 Å². The molecule has 120 valence electrons. The number of aromatic nitrogens is 2. The number of carbonyl (C=O) groups excluding carboxylic acids is 1. The van der Waals surface area contributed by atoms with Crippen LogP contribution in [0.4, 0.5) is 0 Å². The van der Waals surface area contributed by atoms with E-state index in [-0.39, 0.29) is 11.9 Å². The van der Waals surface area contributed by atoms with Crippen LogP contribution in [-0.2, 0) is 4.79 Å². The van der Waals surface area contributed by atoms with E-state index in [9.17, 15) is 4.79 Å². The van der Waals surface area contributed by atoms with Crippen LogP contribution in [0.3, 0.4) is 0 Å². The second-order valence-corrected chi connectivity index (χ2v) is 6.30. The van der Waals surface area contributed by atoms with Crippen molar-refractivity contribution in [1.82, 2.24) is 25.7 Å². The Morgan fingerprint density at radius 1 is 1.17 bits per heavy atom. The van der Waals surface area contributed by atoms with Crippen molar-refractivity contribution in [2.24, 2.45) is 0 Å². The summed E-state index contributed by atoms with van der Waals surface area (Å²) < 4.78 is 0. The Bertz CT molecular complexity index is 705. The van der Waals surface area contributed by atoms with Crippen molar-refractivity contribution in [3.63, 3.8) is 0 Å². The van der Waals surface area contributed by atoms with Crippen molar-refractivity contribution in [1.29, 1.82) is 0 Å². The van der Waals surface area contributed by atoms with Crippen molar-refractivity contribution < 1.29 is 4.79 Å². The minimum absolute atomic E-state index is 0.0606. The number of hydrazine groups is 1. The number of pyridine rings is 2. The smallest absolute Gasteiger partial charge is 0.241 e. The minimum atomic E-state index is -0.0606. The highest BCUT2D eigenvalue weighted by Crippen LogP contribution is 2.28. The highest BCUT2D eigenvalue weighted by atomic mass is 16.2. The summed E-state index contributed by atoms with van der Waals surface area (Å²) in [7, 11) is 0. The molecule has 2 aromatic rings. The number of fused-ring (bicyclic) bond motifs is 1. The quantitative estimate of drug-likeness (QED) is 0.872. The molecule has 0 bridgehead atoms. The fourth-order valence-corrected chi connectivity index (χ4v) is 3.48. The molecule has 2 N–H and O–H groups in total. The topological polar surface area (TPSA) is 70.2 Å². The highest BCUT2D eigenvalue weighted by molar-refractivity contribution is 5.82. The lowest BCUT2D eigenvalue weighted by molar-refractivity contribution is -0.134. The van der Waals surface area contributed by atoms with E-state index in [0.29, 0.717) is 5.92 Å². The number of piperidine rings is 1. The van der Waals surface area contributed by atoms with E-state index in [2.05, 4.69) is 28.0 Å². The molecule has 2 fully saturated rings. The van der Waals surface area contributed by atoms with Gasteiger partial charge in [-0.1, -0.05) is 0 Å². The Morgan fingerprint density at radius 2 is 2.04 bits per heavy atom. The molecule has 6 heteroatoms. The second-order valence-electron chi connectivity index (χ2n) is 6.30. The van der Waals surface area contributed by atoms with Crippen molar-refractivity contribution in [2.45, 2.75) is 31.2 Å². The zero-order chi connectivity index (χ0) is 15.6. The monoisotopic (exact) mass is 311 g/mol. The zero-order valence-electron chi connectivity index (χ0n) is 13.0. The van der Waals surface area contributed by atoms with Crippen molar-refractivity contribution in [3.8, 4) is 0 Å². The Hall–Kier alpha value is -2.05. The number of carbonyl (C=O) groups is 1. The van der Waals surface area contributed by atoms with E-state index in [0.717, 1.165) is 55.6 Å². The van der Waals surface area contributed by atoms with E-state index >= 15 is 0 Å². The lowest BCUT2D eigenvalue weighted by atomic mass is 9.92. The largest absolute Gasteiger partial charge is 0.341 e. The van der Waals surface area contributed by atoms with Gasteiger partial charge in [-0.15, -0.1) is 0 Å². The second kappa shape index (κ2) is 6.22. The first-order valence-corrected chi connectivity index (χ1v) is 8.30. The molecule has 1 amide bonds. The number of nitrogens with zero attached hydrogens (tertiary/aromatic N) is 3. The Balaban J connectivity index is 1.43. The molecule has 1 atom stereocenters. The molecule has 0 radical (unpaired) electrons. The summed E-state index contributed by atoms with van der Waals surface area (Å²) in [6, 6.07) is 8.10. The third kappa shape index (κ3) is 2.92. The molecule has 23 heavy (non-hydrogen) atoms. The van der Waals surface area contributed by atoms with Gasteiger partial charge in [0.25, 0.3) is 0 Å². The SMILES string of the molecule is O=C(C1CCNN1)N1CCC(c2ccc3cccnc3n2)CC1. The molecule has 1 unspecified atom stereocenters. The van der Waals surface area contributed by atoms with Crippen LogP contribution in [0.15, 0.2) is 30.5 Å². The highest BCUT2D eigenvalue weighted by Gasteiger charge is 2.30. The molecule has 0 saturated carbocycles. The molecule has 0 aliphatic carbocycles. The molecule has 4 rings (SSSR count). The Morgan fingerprint density at radius 3 is 2.83 bits per heavy atom. The molecule has 2 saturated heterocycles. The third-order valence-electron chi connectivity index (χ3n) is 4.84. The summed E-state index contributed by atoms with van der Waals surface area (Å²) in [5.74, 6) is 0.640. The van der Waals surface area contributed by atoms with Gasteiger partial charge in [0.05, 0.1) is 0 Å². The van der Waals surface area contributed by atoms with Crippen LogP contribution >= 0.6 is 0 Å². The maximum atomic E-state index is 12.4. The summed E-state index contributed by atoms with van der Waals surface area (Å²) >= 11 is 0. The summed E-state index contributed by atoms with van der Waals surface area (Å²) in [4.78, 5) is 23.5. The van der Waals surface area contributed by atoms with E-state index in [4.69, 9.17) is 4.98 Å². The molecule has 4 heterocycles. The van der Waals surface area contributed by atoms with Gasteiger partial charge in [-0.3, -0.25) is 10.2 Å². The minimum Gasteiger partial charge on any atom is -0.341 e. The summed E-state index contributed by atoms with van der Waals surface area (Å²) in [5.41, 5.74) is 8.00. The molecule has 0 aromatic carbocycles.